The Balaban J connectivity index is 1.19. The van der Waals surface area contributed by atoms with Crippen LogP contribution in [0.4, 0.5) is 10.3 Å². The number of anilines is 1. The molecule has 198 valence electrons. The summed E-state index contributed by atoms with van der Waals surface area (Å²) in [6.07, 6.45) is 8.08. The number of halogens is 1. The minimum absolute atomic E-state index is 0.159. The van der Waals surface area contributed by atoms with Crippen LogP contribution < -0.4 is 9.64 Å². The Hall–Kier alpha value is -4.01. The normalized spacial score (nSPS) is 15.0. The molecule has 2 aromatic carbocycles. The van der Waals surface area contributed by atoms with Crippen LogP contribution in [-0.4, -0.2) is 51.6 Å². The van der Waals surface area contributed by atoms with Crippen molar-refractivity contribution in [2.24, 2.45) is 5.92 Å². The van der Waals surface area contributed by atoms with Crippen molar-refractivity contribution in [2.45, 2.75) is 46.1 Å². The Labute approximate surface area is 221 Å². The highest BCUT2D eigenvalue weighted by Gasteiger charge is 2.22. The molecule has 2 aromatic heterocycles. The highest BCUT2D eigenvalue weighted by atomic mass is 19.1. The molecular formula is C29H32FN5O3. The Morgan fingerprint density at radius 3 is 2.61 bits per heavy atom. The standard InChI is InChI=1S/C29H32FN5O3/c1-4-20-15-31-29(32-16-20)34-11-9-21(10-12-34)18-37-26-8-6-23(14-24(26)30)28-33-25-13-22(5-7-27(25)38-28)17-35(36)19(2)3/h5-8,13-17,19,21H,4,9-12,18H2,1-3H3/b35-17-. The number of fused-ring (bicyclic) bond motifs is 1. The molecule has 1 aliphatic rings. The molecule has 1 aliphatic heterocycles. The van der Waals surface area contributed by atoms with E-state index >= 15 is 0 Å². The number of aromatic nitrogens is 3. The molecule has 0 N–H and O–H groups in total. The predicted molar refractivity (Wildman–Crippen MR) is 145 cm³/mol. The van der Waals surface area contributed by atoms with Crippen LogP contribution in [0.5, 0.6) is 5.75 Å². The van der Waals surface area contributed by atoms with Crippen LogP contribution in [0.1, 0.15) is 44.7 Å². The number of hydrogen-bond donors (Lipinski definition) is 0. The van der Waals surface area contributed by atoms with Gasteiger partial charge >= 0.3 is 0 Å². The van der Waals surface area contributed by atoms with E-state index in [-0.39, 0.29) is 11.8 Å². The number of benzene rings is 2. The SMILES string of the molecule is CCc1cnc(N2CCC(COc3ccc(-c4nc5cc(/C=[N+](\[O-])C(C)C)ccc5o4)cc3F)CC2)nc1. The van der Waals surface area contributed by atoms with Crippen LogP contribution in [-0.2, 0) is 6.42 Å². The lowest BCUT2D eigenvalue weighted by atomic mass is 9.98. The maximum atomic E-state index is 14.9. The van der Waals surface area contributed by atoms with Crippen LogP contribution in [0, 0.1) is 16.9 Å². The summed E-state index contributed by atoms with van der Waals surface area (Å²) in [4.78, 5) is 15.6. The zero-order valence-corrected chi connectivity index (χ0v) is 21.9. The Morgan fingerprint density at radius 1 is 1.16 bits per heavy atom. The topological polar surface area (TPSA) is 90.3 Å². The lowest BCUT2D eigenvalue weighted by molar-refractivity contribution is -0.487. The lowest BCUT2D eigenvalue weighted by Gasteiger charge is -2.31. The van der Waals surface area contributed by atoms with Crippen molar-refractivity contribution in [3.63, 3.8) is 0 Å². The summed E-state index contributed by atoms with van der Waals surface area (Å²) in [7, 11) is 0. The van der Waals surface area contributed by atoms with Gasteiger partial charge in [0.15, 0.2) is 29.4 Å². The average molecular weight is 518 g/mol. The van der Waals surface area contributed by atoms with E-state index in [1.54, 1.807) is 30.3 Å². The van der Waals surface area contributed by atoms with E-state index in [0.29, 0.717) is 35.1 Å². The smallest absolute Gasteiger partial charge is 0.227 e. The highest BCUT2D eigenvalue weighted by molar-refractivity contribution is 5.85. The van der Waals surface area contributed by atoms with Crippen LogP contribution >= 0.6 is 0 Å². The van der Waals surface area contributed by atoms with Crippen molar-refractivity contribution in [2.75, 3.05) is 24.6 Å². The molecule has 0 spiro atoms. The van der Waals surface area contributed by atoms with E-state index in [4.69, 9.17) is 9.15 Å². The van der Waals surface area contributed by atoms with Gasteiger partial charge in [0.25, 0.3) is 0 Å². The van der Waals surface area contributed by atoms with Gasteiger partial charge < -0.3 is 19.3 Å². The number of hydrogen-bond acceptors (Lipinski definition) is 7. The maximum absolute atomic E-state index is 14.9. The molecule has 1 fully saturated rings. The summed E-state index contributed by atoms with van der Waals surface area (Å²) < 4.78 is 27.5. The van der Waals surface area contributed by atoms with Crippen LogP contribution in [0.3, 0.4) is 0 Å². The number of ether oxygens (including phenoxy) is 1. The summed E-state index contributed by atoms with van der Waals surface area (Å²) in [5.41, 5.74) is 3.54. The van der Waals surface area contributed by atoms with Crippen LogP contribution in [0.2, 0.25) is 0 Å². The fourth-order valence-electron chi connectivity index (χ4n) is 4.40. The first-order valence-electron chi connectivity index (χ1n) is 13.1. The first-order chi connectivity index (χ1) is 18.4. The summed E-state index contributed by atoms with van der Waals surface area (Å²) in [6.45, 7) is 7.89. The number of nitrogens with zero attached hydrogens (tertiary/aromatic N) is 5. The zero-order chi connectivity index (χ0) is 26.6. The van der Waals surface area contributed by atoms with Crippen LogP contribution in [0.15, 0.2) is 53.2 Å². The largest absolute Gasteiger partial charge is 0.624 e. The first-order valence-corrected chi connectivity index (χ1v) is 13.1. The van der Waals surface area contributed by atoms with Gasteiger partial charge in [0.1, 0.15) is 5.52 Å². The van der Waals surface area contributed by atoms with Gasteiger partial charge in [-0.1, -0.05) is 6.92 Å². The molecule has 4 aromatic rings. The third-order valence-corrected chi connectivity index (χ3v) is 6.85. The Kier molecular flexibility index (Phi) is 7.53. The van der Waals surface area contributed by atoms with E-state index in [0.717, 1.165) is 54.2 Å². The van der Waals surface area contributed by atoms with Gasteiger partial charge in [-0.3, -0.25) is 0 Å². The molecule has 5 rings (SSSR count). The van der Waals surface area contributed by atoms with E-state index < -0.39 is 5.82 Å². The molecule has 0 amide bonds. The summed E-state index contributed by atoms with van der Waals surface area (Å²) >= 11 is 0. The van der Waals surface area contributed by atoms with Gasteiger partial charge in [0, 0.05) is 36.6 Å². The van der Waals surface area contributed by atoms with Gasteiger partial charge in [0.05, 0.1) is 6.61 Å². The van der Waals surface area contributed by atoms with Crippen molar-refractivity contribution >= 4 is 23.3 Å². The van der Waals surface area contributed by atoms with Crippen molar-refractivity contribution in [3.8, 4) is 17.2 Å². The lowest BCUT2D eigenvalue weighted by Crippen LogP contribution is -2.36. The van der Waals surface area contributed by atoms with Gasteiger partial charge in [-0.05, 0) is 81.0 Å². The van der Waals surface area contributed by atoms with Crippen molar-refractivity contribution < 1.29 is 18.3 Å². The average Bonchev–Trinajstić information content (AvgIpc) is 3.36. The molecule has 0 saturated carbocycles. The second-order valence-electron chi connectivity index (χ2n) is 9.96. The quantitative estimate of drug-likeness (QED) is 0.130. The van der Waals surface area contributed by atoms with Gasteiger partial charge in [-0.25, -0.2) is 24.1 Å². The molecular weight excluding hydrogens is 485 g/mol. The summed E-state index contributed by atoms with van der Waals surface area (Å²) in [5.74, 6) is 1.17. The minimum atomic E-state index is -0.459. The fourth-order valence-corrected chi connectivity index (χ4v) is 4.40. The second-order valence-corrected chi connectivity index (χ2v) is 9.96. The Morgan fingerprint density at radius 2 is 1.92 bits per heavy atom. The fraction of sp³-hybridized carbons (Fsp3) is 0.379. The highest BCUT2D eigenvalue weighted by Crippen LogP contribution is 2.29. The number of piperidine rings is 1. The number of aryl methyl sites for hydroxylation is 1. The van der Waals surface area contributed by atoms with Crippen LogP contribution in [0.25, 0.3) is 22.6 Å². The van der Waals surface area contributed by atoms with E-state index in [2.05, 4.69) is 26.8 Å². The number of hydroxylamine groups is 1. The third-order valence-electron chi connectivity index (χ3n) is 6.85. The third kappa shape index (κ3) is 5.77. The summed E-state index contributed by atoms with van der Waals surface area (Å²) in [5, 5.41) is 11.9. The molecule has 0 atom stereocenters. The Bertz CT molecular complexity index is 1430. The summed E-state index contributed by atoms with van der Waals surface area (Å²) in [6, 6.07) is 9.92. The van der Waals surface area contributed by atoms with Gasteiger partial charge in [-0.2, -0.15) is 0 Å². The van der Waals surface area contributed by atoms with Gasteiger partial charge in [-0.15, -0.1) is 0 Å². The number of rotatable bonds is 8. The number of oxazole rings is 1. The van der Waals surface area contributed by atoms with E-state index in [1.807, 2.05) is 26.2 Å². The van der Waals surface area contributed by atoms with Crippen molar-refractivity contribution in [1.29, 1.82) is 0 Å². The van der Waals surface area contributed by atoms with E-state index in [1.165, 1.54) is 12.3 Å². The molecule has 0 radical (unpaired) electrons. The maximum Gasteiger partial charge on any atom is 0.227 e. The molecule has 9 heteroatoms. The van der Waals surface area contributed by atoms with Gasteiger partial charge in [0.2, 0.25) is 11.8 Å². The minimum Gasteiger partial charge on any atom is -0.624 e. The monoisotopic (exact) mass is 517 g/mol. The van der Waals surface area contributed by atoms with Crippen molar-refractivity contribution in [3.05, 3.63) is 70.9 Å². The van der Waals surface area contributed by atoms with E-state index in [9.17, 15) is 9.60 Å². The molecule has 3 heterocycles. The molecule has 0 aliphatic carbocycles. The molecule has 0 bridgehead atoms. The zero-order valence-electron chi connectivity index (χ0n) is 21.9. The molecule has 38 heavy (non-hydrogen) atoms. The second kappa shape index (κ2) is 11.2. The molecule has 8 nitrogen and oxygen atoms in total. The predicted octanol–water partition coefficient (Wildman–Crippen LogP) is 5.62. The van der Waals surface area contributed by atoms with Crippen molar-refractivity contribution in [1.82, 2.24) is 15.0 Å². The molecule has 0 unspecified atom stereocenters. The first kappa shape index (κ1) is 25.6. The molecule has 1 saturated heterocycles.